The van der Waals surface area contributed by atoms with Crippen molar-refractivity contribution < 1.29 is 4.79 Å². The van der Waals surface area contributed by atoms with Gasteiger partial charge in [-0.2, -0.15) is 0 Å². The van der Waals surface area contributed by atoms with Gasteiger partial charge in [0.1, 0.15) is 11.0 Å². The van der Waals surface area contributed by atoms with Crippen molar-refractivity contribution in [2.45, 2.75) is 13.3 Å². The number of aromatic nitrogens is 1. The number of rotatable bonds is 4. The maximum Gasteiger partial charge on any atom is 0.255 e. The van der Waals surface area contributed by atoms with Crippen LogP contribution in [-0.2, 0) is 6.42 Å². The third kappa shape index (κ3) is 3.27. The molecular weight excluding hydrogens is 274 g/mol. The Morgan fingerprint density at radius 1 is 1.30 bits per heavy atom. The molecule has 1 aromatic heterocycles. The van der Waals surface area contributed by atoms with E-state index in [2.05, 4.69) is 15.6 Å². The highest BCUT2D eigenvalue weighted by molar-refractivity contribution is 6.30. The van der Waals surface area contributed by atoms with Gasteiger partial charge in [0.15, 0.2) is 0 Å². The van der Waals surface area contributed by atoms with Gasteiger partial charge in [0.25, 0.3) is 5.91 Å². The van der Waals surface area contributed by atoms with Crippen LogP contribution in [0, 0.1) is 0 Å². The third-order valence-corrected chi connectivity index (χ3v) is 3.15. The highest BCUT2D eigenvalue weighted by Crippen LogP contribution is 2.19. The van der Waals surface area contributed by atoms with E-state index in [-0.39, 0.29) is 11.1 Å². The van der Waals surface area contributed by atoms with E-state index in [0.717, 1.165) is 17.7 Å². The zero-order chi connectivity index (χ0) is 14.5. The number of amides is 1. The van der Waals surface area contributed by atoms with Crippen molar-refractivity contribution in [3.8, 4) is 0 Å². The number of nitrogens with one attached hydrogen (secondary N) is 2. The summed E-state index contributed by atoms with van der Waals surface area (Å²) in [4.78, 5) is 16.3. The molecule has 2 rings (SSSR count). The van der Waals surface area contributed by atoms with Crippen LogP contribution in [0.1, 0.15) is 22.8 Å². The zero-order valence-corrected chi connectivity index (χ0v) is 12.2. The van der Waals surface area contributed by atoms with Crippen molar-refractivity contribution in [1.29, 1.82) is 0 Å². The smallest absolute Gasteiger partial charge is 0.255 e. The number of hydrogen-bond donors (Lipinski definition) is 2. The molecule has 0 spiro atoms. The molecule has 4 nitrogen and oxygen atoms in total. The minimum atomic E-state index is -0.202. The summed E-state index contributed by atoms with van der Waals surface area (Å²) in [7, 11) is 1.73. The normalized spacial score (nSPS) is 10.2. The summed E-state index contributed by atoms with van der Waals surface area (Å²) in [6, 6.07) is 10.9. The number of aryl methyl sites for hydroxylation is 1. The molecule has 0 saturated heterocycles. The lowest BCUT2D eigenvalue weighted by atomic mass is 10.1. The molecule has 0 aliphatic carbocycles. The highest BCUT2D eigenvalue weighted by Gasteiger charge is 2.10. The van der Waals surface area contributed by atoms with Gasteiger partial charge in [0.05, 0.1) is 0 Å². The highest BCUT2D eigenvalue weighted by atomic mass is 35.5. The molecule has 104 valence electrons. The number of carbonyl (C=O) groups is 1. The van der Waals surface area contributed by atoms with E-state index in [1.165, 1.54) is 0 Å². The van der Waals surface area contributed by atoms with E-state index >= 15 is 0 Å². The van der Waals surface area contributed by atoms with Crippen LogP contribution in [0.15, 0.2) is 36.4 Å². The average Bonchev–Trinajstić information content (AvgIpc) is 2.47. The number of benzene rings is 1. The van der Waals surface area contributed by atoms with Crippen LogP contribution < -0.4 is 10.6 Å². The van der Waals surface area contributed by atoms with Crippen LogP contribution in [-0.4, -0.2) is 17.9 Å². The second-order valence-electron chi connectivity index (χ2n) is 4.28. The van der Waals surface area contributed by atoms with Crippen LogP contribution in [0.5, 0.6) is 0 Å². The van der Waals surface area contributed by atoms with E-state index in [1.54, 1.807) is 19.2 Å². The molecule has 1 heterocycles. The van der Waals surface area contributed by atoms with E-state index in [1.807, 2.05) is 31.2 Å². The summed E-state index contributed by atoms with van der Waals surface area (Å²) in [5.41, 5.74) is 2.38. The minimum absolute atomic E-state index is 0.202. The summed E-state index contributed by atoms with van der Waals surface area (Å²) in [6.07, 6.45) is 0.856. The summed E-state index contributed by atoms with van der Waals surface area (Å²) < 4.78 is 0. The Labute approximate surface area is 123 Å². The fraction of sp³-hybridized carbons (Fsp3) is 0.200. The molecule has 20 heavy (non-hydrogen) atoms. The largest absolute Gasteiger partial charge is 0.373 e. The lowest BCUT2D eigenvalue weighted by Crippen LogP contribution is -2.14. The Kier molecular flexibility index (Phi) is 4.58. The van der Waals surface area contributed by atoms with Gasteiger partial charge in [-0.1, -0.05) is 36.7 Å². The molecule has 2 aromatic rings. The fourth-order valence-electron chi connectivity index (χ4n) is 1.90. The van der Waals surface area contributed by atoms with Crippen molar-refractivity contribution in [3.63, 3.8) is 0 Å². The Morgan fingerprint density at radius 2 is 2.05 bits per heavy atom. The monoisotopic (exact) mass is 289 g/mol. The van der Waals surface area contributed by atoms with E-state index < -0.39 is 0 Å². The lowest BCUT2D eigenvalue weighted by Gasteiger charge is -2.10. The number of para-hydroxylation sites is 1. The number of halogens is 1. The van der Waals surface area contributed by atoms with Crippen molar-refractivity contribution in [2.24, 2.45) is 0 Å². The molecule has 0 unspecified atom stereocenters. The van der Waals surface area contributed by atoms with Gasteiger partial charge in [0.2, 0.25) is 0 Å². The third-order valence-electron chi connectivity index (χ3n) is 2.96. The van der Waals surface area contributed by atoms with E-state index in [0.29, 0.717) is 11.4 Å². The van der Waals surface area contributed by atoms with Gasteiger partial charge in [-0.15, -0.1) is 0 Å². The van der Waals surface area contributed by atoms with Gasteiger partial charge < -0.3 is 10.6 Å². The van der Waals surface area contributed by atoms with Gasteiger partial charge in [0, 0.05) is 18.3 Å². The molecule has 0 aliphatic heterocycles. The van der Waals surface area contributed by atoms with Crippen molar-refractivity contribution in [3.05, 3.63) is 52.7 Å². The Morgan fingerprint density at radius 3 is 2.75 bits per heavy atom. The maximum atomic E-state index is 12.3. The molecule has 2 N–H and O–H groups in total. The first-order valence-electron chi connectivity index (χ1n) is 6.38. The van der Waals surface area contributed by atoms with Gasteiger partial charge in [-0.3, -0.25) is 4.79 Å². The number of carbonyl (C=O) groups excluding carboxylic acids is 1. The molecule has 0 fully saturated rings. The Hall–Kier alpha value is -2.07. The molecule has 0 atom stereocenters. The first-order chi connectivity index (χ1) is 9.63. The van der Waals surface area contributed by atoms with Gasteiger partial charge >= 0.3 is 0 Å². The van der Waals surface area contributed by atoms with Crippen LogP contribution >= 0.6 is 11.6 Å². The predicted molar refractivity (Wildman–Crippen MR) is 82.6 cm³/mol. The first-order valence-corrected chi connectivity index (χ1v) is 6.76. The molecule has 0 saturated carbocycles. The Bertz CT molecular complexity index is 628. The van der Waals surface area contributed by atoms with Gasteiger partial charge in [-0.05, 0) is 30.2 Å². The van der Waals surface area contributed by atoms with Crippen LogP contribution in [0.25, 0.3) is 0 Å². The van der Waals surface area contributed by atoms with E-state index in [9.17, 15) is 4.79 Å². The maximum absolute atomic E-state index is 12.3. The summed E-state index contributed by atoms with van der Waals surface area (Å²) in [5, 5.41) is 6.06. The molecule has 5 heteroatoms. The standard InChI is InChI=1S/C15H16ClN3O/c1-3-10-6-4-5-7-12(10)18-15(20)11-8-13(16)19-14(9-11)17-2/h4-9H,3H2,1-2H3,(H,17,19)(H,18,20). The molecule has 1 aromatic carbocycles. The zero-order valence-electron chi connectivity index (χ0n) is 11.4. The van der Waals surface area contributed by atoms with Crippen molar-refractivity contribution in [2.75, 3.05) is 17.7 Å². The van der Waals surface area contributed by atoms with Crippen molar-refractivity contribution in [1.82, 2.24) is 4.98 Å². The molecule has 0 bridgehead atoms. The lowest BCUT2D eigenvalue weighted by molar-refractivity contribution is 0.102. The van der Waals surface area contributed by atoms with Crippen molar-refractivity contribution >= 4 is 29.0 Å². The molecular formula is C15H16ClN3O. The summed E-state index contributed by atoms with van der Waals surface area (Å²) >= 11 is 5.90. The first kappa shape index (κ1) is 14.3. The Balaban J connectivity index is 2.26. The number of pyridine rings is 1. The van der Waals surface area contributed by atoms with Gasteiger partial charge in [-0.25, -0.2) is 4.98 Å². The molecule has 1 amide bonds. The number of nitrogens with zero attached hydrogens (tertiary/aromatic N) is 1. The predicted octanol–water partition coefficient (Wildman–Crippen LogP) is 3.59. The number of hydrogen-bond acceptors (Lipinski definition) is 3. The van der Waals surface area contributed by atoms with Crippen LogP contribution in [0.4, 0.5) is 11.5 Å². The summed E-state index contributed by atoms with van der Waals surface area (Å²) in [6.45, 7) is 2.05. The van der Waals surface area contributed by atoms with Crippen LogP contribution in [0.2, 0.25) is 5.15 Å². The average molecular weight is 290 g/mol. The second-order valence-corrected chi connectivity index (χ2v) is 4.67. The quantitative estimate of drug-likeness (QED) is 0.846. The van der Waals surface area contributed by atoms with E-state index in [4.69, 9.17) is 11.6 Å². The summed E-state index contributed by atoms with van der Waals surface area (Å²) in [5.74, 6) is 0.359. The van der Waals surface area contributed by atoms with Crippen LogP contribution in [0.3, 0.4) is 0 Å². The SMILES string of the molecule is CCc1ccccc1NC(=O)c1cc(Cl)nc(NC)c1. The topological polar surface area (TPSA) is 54.0 Å². The fourth-order valence-corrected chi connectivity index (χ4v) is 2.11. The minimum Gasteiger partial charge on any atom is -0.373 e. The number of anilines is 2. The molecule has 0 aliphatic rings. The molecule has 0 radical (unpaired) electrons. The second kappa shape index (κ2) is 6.39.